The smallest absolute Gasteiger partial charge is 0.0662 e. The van der Waals surface area contributed by atoms with Crippen molar-refractivity contribution in [3.63, 3.8) is 0 Å². The molecule has 0 aliphatic carbocycles. The lowest BCUT2D eigenvalue weighted by atomic mass is 10.1. The number of aliphatic imine (C=N–C) groups is 1. The van der Waals surface area contributed by atoms with E-state index in [2.05, 4.69) is 129 Å². The Balaban J connectivity index is 1.64. The molecule has 4 aromatic carbocycles. The van der Waals surface area contributed by atoms with E-state index in [4.69, 9.17) is 4.99 Å². The van der Waals surface area contributed by atoms with Crippen LogP contribution in [0.25, 0.3) is 0 Å². The van der Waals surface area contributed by atoms with E-state index >= 15 is 0 Å². The summed E-state index contributed by atoms with van der Waals surface area (Å²) >= 11 is 0. The summed E-state index contributed by atoms with van der Waals surface area (Å²) in [5, 5.41) is 6.40. The molecule has 0 amide bonds. The SMILES string of the molecule is CC(=Nc1ccc(C)cc1C)c1cccc(NP(c2ccccc2)c2ccccc2)c1. The molecule has 3 heteroatoms. The molecule has 0 saturated carbocycles. The summed E-state index contributed by atoms with van der Waals surface area (Å²) in [6.07, 6.45) is 0. The van der Waals surface area contributed by atoms with E-state index in [0.29, 0.717) is 0 Å². The van der Waals surface area contributed by atoms with Crippen molar-refractivity contribution >= 4 is 35.8 Å². The van der Waals surface area contributed by atoms with E-state index in [1.807, 2.05) is 0 Å². The van der Waals surface area contributed by atoms with Crippen molar-refractivity contribution in [2.45, 2.75) is 20.8 Å². The van der Waals surface area contributed by atoms with Gasteiger partial charge in [0.2, 0.25) is 0 Å². The van der Waals surface area contributed by atoms with Crippen LogP contribution in [0, 0.1) is 13.8 Å². The molecule has 4 rings (SSSR count). The average molecular weight is 423 g/mol. The van der Waals surface area contributed by atoms with Gasteiger partial charge in [0.1, 0.15) is 0 Å². The molecule has 1 N–H and O–H groups in total. The summed E-state index contributed by atoms with van der Waals surface area (Å²) in [6.45, 7) is 6.31. The molecule has 31 heavy (non-hydrogen) atoms. The monoisotopic (exact) mass is 422 g/mol. The zero-order valence-corrected chi connectivity index (χ0v) is 19.1. The molecule has 154 valence electrons. The molecule has 0 atom stereocenters. The van der Waals surface area contributed by atoms with E-state index in [1.165, 1.54) is 21.7 Å². The second-order valence-corrected chi connectivity index (χ2v) is 9.61. The lowest BCUT2D eigenvalue weighted by Crippen LogP contribution is -2.17. The van der Waals surface area contributed by atoms with Gasteiger partial charge in [0.25, 0.3) is 0 Å². The molecule has 0 radical (unpaired) electrons. The Kier molecular flexibility index (Phi) is 6.60. The van der Waals surface area contributed by atoms with Gasteiger partial charge < -0.3 is 5.09 Å². The van der Waals surface area contributed by atoms with Crippen LogP contribution in [0.5, 0.6) is 0 Å². The van der Waals surface area contributed by atoms with E-state index in [9.17, 15) is 0 Å². The summed E-state index contributed by atoms with van der Waals surface area (Å²) in [5.41, 5.74) is 6.73. The van der Waals surface area contributed by atoms with Crippen LogP contribution < -0.4 is 15.7 Å². The molecule has 0 aliphatic rings. The van der Waals surface area contributed by atoms with E-state index in [0.717, 1.165) is 22.6 Å². The highest BCUT2D eigenvalue weighted by molar-refractivity contribution is 7.74. The van der Waals surface area contributed by atoms with Crippen molar-refractivity contribution in [2.24, 2.45) is 4.99 Å². The first kappa shape index (κ1) is 21.0. The molecule has 0 fully saturated rings. The Morgan fingerprint density at radius 2 is 1.35 bits per heavy atom. The minimum atomic E-state index is -0.706. The van der Waals surface area contributed by atoms with E-state index in [-0.39, 0.29) is 0 Å². The third kappa shape index (κ3) is 5.29. The van der Waals surface area contributed by atoms with Gasteiger partial charge in [0.15, 0.2) is 0 Å². The largest absolute Gasteiger partial charge is 0.357 e. The van der Waals surface area contributed by atoms with Crippen molar-refractivity contribution in [3.05, 3.63) is 120 Å². The Morgan fingerprint density at radius 3 is 1.97 bits per heavy atom. The number of aryl methyl sites for hydroxylation is 2. The van der Waals surface area contributed by atoms with Gasteiger partial charge in [-0.15, -0.1) is 0 Å². The minimum absolute atomic E-state index is 0.706. The zero-order valence-electron chi connectivity index (χ0n) is 18.2. The molecule has 0 heterocycles. The first-order valence-corrected chi connectivity index (χ1v) is 11.8. The molecule has 0 aromatic heterocycles. The van der Waals surface area contributed by atoms with Crippen LogP contribution in [0.1, 0.15) is 23.6 Å². The Hall–Kier alpha value is -3.22. The topological polar surface area (TPSA) is 24.4 Å². The van der Waals surface area contributed by atoms with Crippen molar-refractivity contribution in [3.8, 4) is 0 Å². The Bertz CT molecular complexity index is 1140. The highest BCUT2D eigenvalue weighted by Crippen LogP contribution is 2.34. The molecule has 0 saturated heterocycles. The van der Waals surface area contributed by atoms with Gasteiger partial charge in [-0.3, -0.25) is 4.99 Å². The highest BCUT2D eigenvalue weighted by atomic mass is 31.1. The van der Waals surface area contributed by atoms with Gasteiger partial charge in [-0.05, 0) is 50.1 Å². The molecule has 4 aromatic rings. The van der Waals surface area contributed by atoms with Crippen molar-refractivity contribution < 1.29 is 0 Å². The lowest BCUT2D eigenvalue weighted by Gasteiger charge is -2.21. The number of anilines is 1. The fourth-order valence-electron chi connectivity index (χ4n) is 3.55. The Morgan fingerprint density at radius 1 is 0.710 bits per heavy atom. The molecule has 0 spiro atoms. The molecule has 0 unspecified atom stereocenters. The van der Waals surface area contributed by atoms with Gasteiger partial charge >= 0.3 is 0 Å². The van der Waals surface area contributed by atoms with Gasteiger partial charge in [0.05, 0.1) is 13.8 Å². The zero-order chi connectivity index (χ0) is 21.6. The van der Waals surface area contributed by atoms with Crippen LogP contribution >= 0.6 is 8.07 Å². The van der Waals surface area contributed by atoms with Crippen molar-refractivity contribution in [1.29, 1.82) is 0 Å². The highest BCUT2D eigenvalue weighted by Gasteiger charge is 2.14. The minimum Gasteiger partial charge on any atom is -0.357 e. The van der Waals surface area contributed by atoms with Gasteiger partial charge in [-0.25, -0.2) is 0 Å². The van der Waals surface area contributed by atoms with Crippen LogP contribution in [0.3, 0.4) is 0 Å². The fraction of sp³-hybridized carbons (Fsp3) is 0.107. The number of nitrogens with zero attached hydrogens (tertiary/aromatic N) is 1. The summed E-state index contributed by atoms with van der Waals surface area (Å²) in [4.78, 5) is 4.90. The maximum absolute atomic E-state index is 4.90. The fourth-order valence-corrected chi connectivity index (χ4v) is 5.45. The second kappa shape index (κ2) is 9.73. The molecular weight excluding hydrogens is 395 g/mol. The first-order valence-electron chi connectivity index (χ1n) is 10.5. The summed E-state index contributed by atoms with van der Waals surface area (Å²) in [6, 6.07) is 36.3. The average Bonchev–Trinajstić information content (AvgIpc) is 2.80. The lowest BCUT2D eigenvalue weighted by molar-refractivity contribution is 1.34. The number of rotatable bonds is 6. The van der Waals surface area contributed by atoms with Crippen LogP contribution in [-0.2, 0) is 0 Å². The van der Waals surface area contributed by atoms with Gasteiger partial charge in [-0.1, -0.05) is 90.5 Å². The predicted molar refractivity (Wildman–Crippen MR) is 137 cm³/mol. The second-order valence-electron chi connectivity index (χ2n) is 7.69. The maximum Gasteiger partial charge on any atom is 0.0662 e. The van der Waals surface area contributed by atoms with Crippen LogP contribution in [0.4, 0.5) is 11.4 Å². The van der Waals surface area contributed by atoms with Gasteiger partial charge in [0, 0.05) is 22.0 Å². The third-order valence-electron chi connectivity index (χ3n) is 5.19. The summed E-state index contributed by atoms with van der Waals surface area (Å²) in [7, 11) is -0.706. The molecule has 0 bridgehead atoms. The van der Waals surface area contributed by atoms with Crippen LogP contribution in [-0.4, -0.2) is 5.71 Å². The number of hydrogen-bond donors (Lipinski definition) is 1. The number of nitrogens with one attached hydrogen (secondary N) is 1. The standard InChI is InChI=1S/C28H27N2P/c1-21-17-18-28(22(2)19-21)29-23(3)24-11-10-12-25(20-24)30-31(26-13-6-4-7-14-26)27-15-8-5-9-16-27/h4-20,30H,1-3H3. The van der Waals surface area contributed by atoms with Crippen LogP contribution in [0.2, 0.25) is 0 Å². The van der Waals surface area contributed by atoms with Crippen LogP contribution in [0.15, 0.2) is 108 Å². The molecule has 0 aliphatic heterocycles. The molecular formula is C28H27N2P. The number of benzene rings is 4. The Labute approximate surface area is 186 Å². The third-order valence-corrected chi connectivity index (χ3v) is 7.30. The first-order chi connectivity index (χ1) is 15.1. The quantitative estimate of drug-likeness (QED) is 0.265. The van der Waals surface area contributed by atoms with E-state index < -0.39 is 8.07 Å². The summed E-state index contributed by atoms with van der Waals surface area (Å²) in [5.74, 6) is 0. The summed E-state index contributed by atoms with van der Waals surface area (Å²) < 4.78 is 0. The van der Waals surface area contributed by atoms with E-state index in [1.54, 1.807) is 0 Å². The number of hydrogen-bond acceptors (Lipinski definition) is 2. The predicted octanol–water partition coefficient (Wildman–Crippen LogP) is 6.90. The van der Waals surface area contributed by atoms with Crippen molar-refractivity contribution in [1.82, 2.24) is 0 Å². The molecule has 2 nitrogen and oxygen atoms in total. The normalized spacial score (nSPS) is 11.5. The van der Waals surface area contributed by atoms with Crippen molar-refractivity contribution in [2.75, 3.05) is 5.09 Å². The maximum atomic E-state index is 4.90. The van der Waals surface area contributed by atoms with Gasteiger partial charge in [-0.2, -0.15) is 0 Å².